The molecule has 0 unspecified atom stereocenters. The fourth-order valence-electron chi connectivity index (χ4n) is 8.10. The van der Waals surface area contributed by atoms with Crippen LogP contribution in [0.25, 0.3) is 33.4 Å². The highest BCUT2D eigenvalue weighted by Crippen LogP contribution is 2.47. The molecule has 0 saturated heterocycles. The van der Waals surface area contributed by atoms with Gasteiger partial charge in [-0.05, 0) is 175 Å². The highest BCUT2D eigenvalue weighted by molar-refractivity contribution is 5.94. The number of hydrogen-bond acceptors (Lipinski definition) is 2. The van der Waals surface area contributed by atoms with Crippen LogP contribution in [0.5, 0.6) is 0 Å². The number of aryl methyl sites for hydroxylation is 4. The molecule has 55 heavy (non-hydrogen) atoms. The average Bonchev–Trinajstić information content (AvgIpc) is 3.59. The van der Waals surface area contributed by atoms with Crippen LogP contribution in [-0.4, -0.2) is 0 Å². The Balaban J connectivity index is 1.19. The molecule has 2 nitrogen and oxygen atoms in total. The molecule has 1 aliphatic carbocycles. The van der Waals surface area contributed by atoms with Crippen molar-refractivity contribution in [3.63, 3.8) is 0 Å². The summed E-state index contributed by atoms with van der Waals surface area (Å²) in [5.41, 5.74) is 22.3. The van der Waals surface area contributed by atoms with Crippen molar-refractivity contribution in [1.29, 1.82) is 0 Å². The highest BCUT2D eigenvalue weighted by Gasteiger charge is 2.24. The zero-order chi connectivity index (χ0) is 37.5. The van der Waals surface area contributed by atoms with Gasteiger partial charge in [-0.15, -0.1) is 0 Å². The number of hydrogen-bond donors (Lipinski definition) is 0. The minimum absolute atomic E-state index is 0.936. The molecule has 0 aromatic heterocycles. The van der Waals surface area contributed by atoms with E-state index >= 15 is 0 Å². The van der Waals surface area contributed by atoms with Crippen molar-refractivity contribution in [2.24, 2.45) is 0 Å². The smallest absolute Gasteiger partial charge is 0.0542 e. The van der Waals surface area contributed by atoms with Gasteiger partial charge in [0, 0.05) is 33.9 Å². The van der Waals surface area contributed by atoms with E-state index in [9.17, 15) is 0 Å². The topological polar surface area (TPSA) is 6.48 Å². The van der Waals surface area contributed by atoms with Crippen LogP contribution in [-0.2, 0) is 6.42 Å². The van der Waals surface area contributed by atoms with Crippen molar-refractivity contribution >= 4 is 34.1 Å². The number of para-hydroxylation sites is 4. The summed E-state index contributed by atoms with van der Waals surface area (Å²) in [6.45, 7) is 8.88. The maximum absolute atomic E-state index is 2.44. The summed E-state index contributed by atoms with van der Waals surface area (Å²) in [5, 5.41) is 0. The molecule has 0 radical (unpaired) electrons. The van der Waals surface area contributed by atoms with Crippen molar-refractivity contribution in [2.75, 3.05) is 9.80 Å². The lowest BCUT2D eigenvalue weighted by Crippen LogP contribution is -2.11. The quantitative estimate of drug-likeness (QED) is 0.155. The Morgan fingerprint density at radius 1 is 0.309 bits per heavy atom. The molecule has 0 saturated carbocycles. The molecule has 0 aliphatic heterocycles. The van der Waals surface area contributed by atoms with Crippen molar-refractivity contribution in [2.45, 2.75) is 34.1 Å². The van der Waals surface area contributed by atoms with E-state index in [1.165, 1.54) is 78.1 Å². The predicted molar refractivity (Wildman–Crippen MR) is 234 cm³/mol. The summed E-state index contributed by atoms with van der Waals surface area (Å²) in [7, 11) is 0. The van der Waals surface area contributed by atoms with E-state index in [1.54, 1.807) is 0 Å². The molecule has 0 N–H and O–H groups in total. The van der Waals surface area contributed by atoms with Gasteiger partial charge in [0.1, 0.15) is 0 Å². The summed E-state index contributed by atoms with van der Waals surface area (Å²) >= 11 is 0. The van der Waals surface area contributed by atoms with Crippen molar-refractivity contribution < 1.29 is 0 Å². The number of anilines is 6. The van der Waals surface area contributed by atoms with Gasteiger partial charge in [-0.3, -0.25) is 0 Å². The average molecular weight is 709 g/mol. The van der Waals surface area contributed by atoms with Crippen LogP contribution >= 0.6 is 0 Å². The normalized spacial score (nSPS) is 11.6. The molecule has 8 aromatic carbocycles. The lowest BCUT2D eigenvalue weighted by atomic mass is 9.92. The molecule has 1 aliphatic rings. The molecule has 2 heteroatoms. The summed E-state index contributed by atoms with van der Waals surface area (Å²) in [5.74, 6) is 0. The Kier molecular flexibility index (Phi) is 8.88. The predicted octanol–water partition coefficient (Wildman–Crippen LogP) is 14.8. The summed E-state index contributed by atoms with van der Waals surface area (Å²) < 4.78 is 0. The monoisotopic (exact) mass is 708 g/mol. The Labute approximate surface area is 325 Å². The zero-order valence-corrected chi connectivity index (χ0v) is 31.9. The van der Waals surface area contributed by atoms with Gasteiger partial charge in [0.25, 0.3) is 0 Å². The third kappa shape index (κ3) is 6.40. The second-order valence-corrected chi connectivity index (χ2v) is 14.8. The molecule has 0 heterocycles. The first-order valence-corrected chi connectivity index (χ1v) is 19.2. The van der Waals surface area contributed by atoms with Crippen molar-refractivity contribution in [1.82, 2.24) is 0 Å². The second-order valence-electron chi connectivity index (χ2n) is 14.8. The maximum atomic E-state index is 2.44. The number of rotatable bonds is 8. The van der Waals surface area contributed by atoms with E-state index < -0.39 is 0 Å². The molecular formula is C53H44N2. The van der Waals surface area contributed by atoms with E-state index in [4.69, 9.17) is 0 Å². The lowest BCUT2D eigenvalue weighted by Gasteiger charge is -2.29. The molecule has 9 rings (SSSR count). The Hall–Kier alpha value is -6.64. The molecule has 266 valence electrons. The van der Waals surface area contributed by atoms with E-state index in [2.05, 4.69) is 219 Å². The first-order chi connectivity index (χ1) is 26.9. The number of benzene rings is 8. The molecule has 0 spiro atoms. The zero-order valence-electron chi connectivity index (χ0n) is 31.9. The molecule has 0 atom stereocenters. The first kappa shape index (κ1) is 34.1. The van der Waals surface area contributed by atoms with Gasteiger partial charge in [-0.1, -0.05) is 97.1 Å². The SMILES string of the molecule is Cc1cc(-c2ccc3c(c2)-c2cc(-c4cc(C)c(C)cc4N(c4ccccc4)c4ccccc4)ccc2C3)c(N(c2ccccc2)c2ccccc2)cc1C. The standard InChI is InChI=1S/C53H44N2/c1-36-29-50(52(31-38(36)3)54(44-17-9-5-10-18-44)45-19-11-6-12-20-45)42-27-25-40-33-41-26-28-43(35-49(41)48(40)34-42)51-30-37(2)39(4)32-53(51)55(46-21-13-7-14-22-46)47-23-15-8-16-24-47/h5-32,34-35H,33H2,1-4H3. The van der Waals surface area contributed by atoms with Crippen LogP contribution in [0.2, 0.25) is 0 Å². The molecule has 8 aromatic rings. The van der Waals surface area contributed by atoms with Gasteiger partial charge < -0.3 is 9.80 Å². The molecule has 0 fully saturated rings. The first-order valence-electron chi connectivity index (χ1n) is 19.2. The van der Waals surface area contributed by atoms with Gasteiger partial charge >= 0.3 is 0 Å². The van der Waals surface area contributed by atoms with Crippen molar-refractivity contribution in [3.05, 3.63) is 215 Å². The lowest BCUT2D eigenvalue weighted by molar-refractivity contribution is 1.24. The molecule has 0 bridgehead atoms. The van der Waals surface area contributed by atoms with Crippen molar-refractivity contribution in [3.8, 4) is 33.4 Å². The largest absolute Gasteiger partial charge is 0.310 e. The molecular weight excluding hydrogens is 665 g/mol. The minimum atomic E-state index is 0.936. The van der Waals surface area contributed by atoms with Gasteiger partial charge in [-0.2, -0.15) is 0 Å². The third-order valence-electron chi connectivity index (χ3n) is 11.3. The van der Waals surface area contributed by atoms with Gasteiger partial charge in [0.15, 0.2) is 0 Å². The van der Waals surface area contributed by atoms with E-state index in [0.29, 0.717) is 0 Å². The van der Waals surface area contributed by atoms with E-state index in [-0.39, 0.29) is 0 Å². The van der Waals surface area contributed by atoms with Crippen LogP contribution in [0.1, 0.15) is 33.4 Å². The fraction of sp³-hybridized carbons (Fsp3) is 0.0943. The van der Waals surface area contributed by atoms with Crippen LogP contribution < -0.4 is 9.80 Å². The van der Waals surface area contributed by atoms with Gasteiger partial charge in [0.2, 0.25) is 0 Å². The van der Waals surface area contributed by atoms with Crippen LogP contribution in [0.3, 0.4) is 0 Å². The third-order valence-corrected chi connectivity index (χ3v) is 11.3. The van der Waals surface area contributed by atoms with Crippen LogP contribution in [0, 0.1) is 27.7 Å². The summed E-state index contributed by atoms with van der Waals surface area (Å²) in [4.78, 5) is 4.79. The Morgan fingerprint density at radius 3 is 0.945 bits per heavy atom. The van der Waals surface area contributed by atoms with Crippen LogP contribution in [0.4, 0.5) is 34.1 Å². The Morgan fingerprint density at radius 2 is 0.618 bits per heavy atom. The number of nitrogens with zero attached hydrogens (tertiary/aromatic N) is 2. The summed E-state index contributed by atoms with van der Waals surface area (Å²) in [6.07, 6.45) is 0.936. The second kappa shape index (κ2) is 14.3. The Bertz CT molecular complexity index is 2380. The fourth-order valence-corrected chi connectivity index (χ4v) is 8.10. The van der Waals surface area contributed by atoms with E-state index in [1.807, 2.05) is 0 Å². The van der Waals surface area contributed by atoms with Gasteiger partial charge in [0.05, 0.1) is 11.4 Å². The molecule has 0 amide bonds. The van der Waals surface area contributed by atoms with Crippen LogP contribution in [0.15, 0.2) is 182 Å². The summed E-state index contributed by atoms with van der Waals surface area (Å²) in [6, 6.07) is 66.6. The van der Waals surface area contributed by atoms with E-state index in [0.717, 1.165) is 29.2 Å². The highest BCUT2D eigenvalue weighted by atomic mass is 15.1. The number of fused-ring (bicyclic) bond motifs is 3. The minimum Gasteiger partial charge on any atom is -0.310 e. The van der Waals surface area contributed by atoms with Gasteiger partial charge in [-0.25, -0.2) is 0 Å². The maximum Gasteiger partial charge on any atom is 0.0542 e.